The number of allylic oxidation sites excluding steroid dienone is 4. The van der Waals surface area contributed by atoms with Crippen molar-refractivity contribution in [2.24, 2.45) is 10.9 Å². The van der Waals surface area contributed by atoms with Crippen molar-refractivity contribution in [1.29, 1.82) is 0 Å². The Labute approximate surface area is 110 Å². The number of nitrogens with one attached hydrogen (secondary N) is 1. The predicted octanol–water partition coefficient (Wildman–Crippen LogP) is 2.63. The summed E-state index contributed by atoms with van der Waals surface area (Å²) in [5.74, 6) is 0.551. The normalized spacial score (nSPS) is 15.8. The largest absolute Gasteiger partial charge is 0.275 e. The summed E-state index contributed by atoms with van der Waals surface area (Å²) in [6, 6.07) is 0. The highest BCUT2D eigenvalue weighted by molar-refractivity contribution is 7.94. The Balaban J connectivity index is 5.17. The van der Waals surface area contributed by atoms with Crippen LogP contribution in [0.15, 0.2) is 40.8 Å². The number of sulfonamides is 1. The summed E-state index contributed by atoms with van der Waals surface area (Å²) >= 11 is 0. The lowest BCUT2D eigenvalue weighted by Gasteiger charge is -2.15. The maximum atomic E-state index is 12.1. The van der Waals surface area contributed by atoms with Gasteiger partial charge in [0.2, 0.25) is 0 Å². The van der Waals surface area contributed by atoms with Crippen LogP contribution in [0.2, 0.25) is 0 Å². The van der Waals surface area contributed by atoms with Gasteiger partial charge in [0.05, 0.1) is 4.91 Å². The van der Waals surface area contributed by atoms with Crippen LogP contribution in [0.3, 0.4) is 0 Å². The zero-order valence-electron chi connectivity index (χ0n) is 11.5. The van der Waals surface area contributed by atoms with Crippen LogP contribution in [0.25, 0.3) is 0 Å². The van der Waals surface area contributed by atoms with E-state index in [4.69, 9.17) is 0 Å². The Bertz CT molecular complexity index is 459. The minimum Gasteiger partial charge on any atom is -0.275 e. The molecule has 0 radical (unpaired) electrons. The minimum atomic E-state index is -3.57. The first-order valence-corrected chi connectivity index (χ1v) is 7.36. The second-order valence-corrected chi connectivity index (χ2v) is 5.49. The molecule has 0 aromatic carbocycles. The lowest BCUT2D eigenvalue weighted by molar-refractivity contribution is 0.596. The standard InChI is InChI=1S/C13H22N2O2S/c1-6-9-10-12(8-3)18(16,17)15-13(14-5)11(4)7-2/h6,8-11H,1,7H2,2-5H3,(H,14,15)/b10-9-,12-8+. The van der Waals surface area contributed by atoms with Gasteiger partial charge in [-0.15, -0.1) is 0 Å². The summed E-state index contributed by atoms with van der Waals surface area (Å²) in [5, 5.41) is 0. The van der Waals surface area contributed by atoms with Gasteiger partial charge < -0.3 is 0 Å². The molecule has 1 atom stereocenters. The molecule has 4 nitrogen and oxygen atoms in total. The smallest absolute Gasteiger partial charge is 0.262 e. The average molecular weight is 270 g/mol. The van der Waals surface area contributed by atoms with Crippen molar-refractivity contribution in [3.05, 3.63) is 35.8 Å². The molecule has 0 aliphatic rings. The molecule has 102 valence electrons. The summed E-state index contributed by atoms with van der Waals surface area (Å²) in [7, 11) is -1.98. The third-order valence-corrected chi connectivity index (χ3v) is 4.02. The van der Waals surface area contributed by atoms with Gasteiger partial charge >= 0.3 is 0 Å². The predicted molar refractivity (Wildman–Crippen MR) is 78.0 cm³/mol. The van der Waals surface area contributed by atoms with Gasteiger partial charge in [0.15, 0.2) is 0 Å². The Morgan fingerprint density at radius 1 is 1.50 bits per heavy atom. The first-order chi connectivity index (χ1) is 8.42. The molecule has 5 heteroatoms. The molecule has 0 heterocycles. The van der Waals surface area contributed by atoms with Gasteiger partial charge in [-0.1, -0.05) is 38.7 Å². The lowest BCUT2D eigenvalue weighted by Crippen LogP contribution is -2.35. The van der Waals surface area contributed by atoms with E-state index in [0.29, 0.717) is 5.84 Å². The number of nitrogens with zero attached hydrogens (tertiary/aromatic N) is 1. The van der Waals surface area contributed by atoms with Crippen molar-refractivity contribution in [2.75, 3.05) is 7.05 Å². The minimum absolute atomic E-state index is 0.0752. The Hall–Kier alpha value is -1.36. The van der Waals surface area contributed by atoms with E-state index in [9.17, 15) is 8.42 Å². The van der Waals surface area contributed by atoms with Crippen LogP contribution in [0.5, 0.6) is 0 Å². The SMILES string of the molecule is C=C/C=C\C(=C/C)S(=O)(=O)NC(=NC)C(C)CC. The van der Waals surface area contributed by atoms with E-state index in [-0.39, 0.29) is 10.8 Å². The number of amidine groups is 1. The third-order valence-electron chi connectivity index (χ3n) is 2.55. The van der Waals surface area contributed by atoms with E-state index in [1.165, 1.54) is 18.2 Å². The van der Waals surface area contributed by atoms with Crippen LogP contribution >= 0.6 is 0 Å². The zero-order chi connectivity index (χ0) is 14.2. The van der Waals surface area contributed by atoms with E-state index >= 15 is 0 Å². The fraction of sp³-hybridized carbons (Fsp3) is 0.462. The molecule has 1 N–H and O–H groups in total. The highest BCUT2D eigenvalue weighted by Gasteiger charge is 2.19. The fourth-order valence-corrected chi connectivity index (χ4v) is 2.51. The molecular formula is C13H22N2O2S. The van der Waals surface area contributed by atoms with E-state index in [0.717, 1.165) is 6.42 Å². The number of hydrogen-bond acceptors (Lipinski definition) is 3. The van der Waals surface area contributed by atoms with Crippen molar-refractivity contribution in [1.82, 2.24) is 4.72 Å². The van der Waals surface area contributed by atoms with Crippen LogP contribution in [0, 0.1) is 5.92 Å². The quantitative estimate of drug-likeness (QED) is 0.458. The molecule has 0 rings (SSSR count). The maximum Gasteiger partial charge on any atom is 0.262 e. The highest BCUT2D eigenvalue weighted by atomic mass is 32.2. The van der Waals surface area contributed by atoms with Crippen molar-refractivity contribution >= 4 is 15.9 Å². The summed E-state index contributed by atoms with van der Waals surface area (Å²) in [6.45, 7) is 9.10. The van der Waals surface area contributed by atoms with Crippen LogP contribution in [0.4, 0.5) is 0 Å². The Morgan fingerprint density at radius 2 is 2.11 bits per heavy atom. The molecule has 0 aromatic rings. The van der Waals surface area contributed by atoms with Gasteiger partial charge in [-0.05, 0) is 19.4 Å². The average Bonchev–Trinajstić information content (AvgIpc) is 2.35. The third kappa shape index (κ3) is 4.87. The Kier molecular flexibility index (Phi) is 7.27. The summed E-state index contributed by atoms with van der Waals surface area (Å²) < 4.78 is 26.7. The molecule has 0 aliphatic heterocycles. The lowest BCUT2D eigenvalue weighted by atomic mass is 10.1. The zero-order valence-corrected chi connectivity index (χ0v) is 12.3. The van der Waals surface area contributed by atoms with E-state index in [1.807, 2.05) is 13.8 Å². The van der Waals surface area contributed by atoms with Crippen LogP contribution in [-0.2, 0) is 10.0 Å². The molecule has 1 unspecified atom stereocenters. The van der Waals surface area contributed by atoms with Gasteiger partial charge in [-0.25, -0.2) is 8.42 Å². The maximum absolute atomic E-state index is 12.1. The van der Waals surface area contributed by atoms with Gasteiger partial charge in [-0.2, -0.15) is 0 Å². The van der Waals surface area contributed by atoms with Crippen molar-refractivity contribution in [3.63, 3.8) is 0 Å². The summed E-state index contributed by atoms with van der Waals surface area (Å²) in [4.78, 5) is 4.20. The first kappa shape index (κ1) is 16.6. The number of rotatable bonds is 6. The summed E-state index contributed by atoms with van der Waals surface area (Å²) in [6.07, 6.45) is 6.97. The van der Waals surface area contributed by atoms with Crippen LogP contribution < -0.4 is 4.72 Å². The van der Waals surface area contributed by atoms with Crippen LogP contribution in [0.1, 0.15) is 27.2 Å². The van der Waals surface area contributed by atoms with E-state index < -0.39 is 10.0 Å². The molecule has 0 amide bonds. The van der Waals surface area contributed by atoms with E-state index in [2.05, 4.69) is 16.3 Å². The van der Waals surface area contributed by atoms with Gasteiger partial charge in [0.1, 0.15) is 5.84 Å². The topological polar surface area (TPSA) is 58.5 Å². The highest BCUT2D eigenvalue weighted by Crippen LogP contribution is 2.10. The molecule has 0 fully saturated rings. The van der Waals surface area contributed by atoms with Crippen molar-refractivity contribution in [3.8, 4) is 0 Å². The first-order valence-electron chi connectivity index (χ1n) is 5.87. The number of hydrogen-bond donors (Lipinski definition) is 1. The van der Waals surface area contributed by atoms with Gasteiger partial charge in [0.25, 0.3) is 10.0 Å². The Morgan fingerprint density at radius 3 is 2.50 bits per heavy atom. The van der Waals surface area contributed by atoms with Crippen LogP contribution in [-0.4, -0.2) is 21.3 Å². The summed E-state index contributed by atoms with van der Waals surface area (Å²) in [5.41, 5.74) is 0. The molecule has 0 spiro atoms. The van der Waals surface area contributed by atoms with Crippen molar-refractivity contribution < 1.29 is 8.42 Å². The molecule has 0 aliphatic carbocycles. The molecule has 0 bridgehead atoms. The molecule has 0 aromatic heterocycles. The number of aliphatic imine (C=N–C) groups is 1. The second kappa shape index (κ2) is 7.87. The van der Waals surface area contributed by atoms with Crippen molar-refractivity contribution in [2.45, 2.75) is 27.2 Å². The molecular weight excluding hydrogens is 248 g/mol. The molecule has 18 heavy (non-hydrogen) atoms. The molecule has 0 saturated carbocycles. The molecule has 0 saturated heterocycles. The van der Waals surface area contributed by atoms with E-state index in [1.54, 1.807) is 20.0 Å². The monoisotopic (exact) mass is 270 g/mol. The fourth-order valence-electron chi connectivity index (χ4n) is 1.26. The van der Waals surface area contributed by atoms with Gasteiger partial charge in [-0.3, -0.25) is 9.71 Å². The van der Waals surface area contributed by atoms with Gasteiger partial charge in [0, 0.05) is 13.0 Å². The second-order valence-electron chi connectivity index (χ2n) is 3.81.